The van der Waals surface area contributed by atoms with Crippen LogP contribution in [0, 0.1) is 24.8 Å². The summed E-state index contributed by atoms with van der Waals surface area (Å²) in [6, 6.07) is 19.5. The number of hydrogen-bond donors (Lipinski definition) is 1. The van der Waals surface area contributed by atoms with Gasteiger partial charge < -0.3 is 5.11 Å². The summed E-state index contributed by atoms with van der Waals surface area (Å²) in [4.78, 5) is 21.3. The molecule has 50 heavy (non-hydrogen) atoms. The van der Waals surface area contributed by atoms with Gasteiger partial charge in [0.25, 0.3) is 0 Å². The van der Waals surface area contributed by atoms with Gasteiger partial charge in [-0.25, -0.2) is 4.98 Å². The molecule has 0 spiro atoms. The molecule has 269 valence electrons. The van der Waals surface area contributed by atoms with E-state index in [-0.39, 0.29) is 43.5 Å². The van der Waals surface area contributed by atoms with Crippen molar-refractivity contribution in [1.82, 2.24) is 9.97 Å². The number of fused-ring (bicyclic) bond motifs is 4. The fourth-order valence-electron chi connectivity index (χ4n) is 7.59. The molecule has 3 aromatic carbocycles. The third kappa shape index (κ3) is 8.66. The number of carbonyl (C=O) groups is 1. The average molecular weight is 884 g/mol. The predicted octanol–water partition coefficient (Wildman–Crippen LogP) is 12.2. The van der Waals surface area contributed by atoms with Crippen molar-refractivity contribution >= 4 is 61.5 Å². The van der Waals surface area contributed by atoms with Gasteiger partial charge in [-0.1, -0.05) is 108 Å². The molecule has 1 N–H and O–H groups in total. The van der Waals surface area contributed by atoms with E-state index < -0.39 is 8.07 Å². The summed E-state index contributed by atoms with van der Waals surface area (Å²) in [6.45, 7) is 17.7. The summed E-state index contributed by atoms with van der Waals surface area (Å²) in [5.74, 6) is 1.26. The van der Waals surface area contributed by atoms with Gasteiger partial charge in [0, 0.05) is 58.5 Å². The van der Waals surface area contributed by atoms with Gasteiger partial charge in [0.15, 0.2) is 5.78 Å². The maximum atomic E-state index is 11.7. The Labute approximate surface area is 318 Å². The first kappa shape index (κ1) is 40.1. The number of nitrogens with zero attached hydrogens (tertiary/aromatic N) is 2. The Balaban J connectivity index is 0.000000301. The van der Waals surface area contributed by atoms with Crippen molar-refractivity contribution < 1.29 is 30.0 Å². The first-order chi connectivity index (χ1) is 23.5. The Hall–Kier alpha value is -2.70. The van der Waals surface area contributed by atoms with E-state index in [2.05, 4.69) is 75.1 Å². The zero-order chi connectivity index (χ0) is 35.3. The normalized spacial score (nSPS) is 14.3. The maximum Gasteiger partial charge on any atom is 0.162 e. The Kier molecular flexibility index (Phi) is 14.2. The first-order valence-electron chi connectivity index (χ1n) is 18.6. The third-order valence-corrected chi connectivity index (χ3v) is 14.0. The zero-order valence-electron chi connectivity index (χ0n) is 31.3. The van der Waals surface area contributed by atoms with Gasteiger partial charge in [0.05, 0.1) is 19.3 Å². The van der Waals surface area contributed by atoms with Crippen molar-refractivity contribution in [1.29, 1.82) is 0 Å². The van der Waals surface area contributed by atoms with E-state index in [9.17, 15) is 9.90 Å². The van der Waals surface area contributed by atoms with Crippen LogP contribution in [0.3, 0.4) is 0 Å². The molecular weight excluding hydrogens is 829 g/mol. The van der Waals surface area contributed by atoms with Crippen LogP contribution in [0.25, 0.3) is 42.3 Å². The molecule has 1 fully saturated rings. The Morgan fingerprint density at radius 3 is 2.22 bits per heavy atom. The van der Waals surface area contributed by atoms with E-state index in [0.717, 1.165) is 42.5 Å². The van der Waals surface area contributed by atoms with Crippen LogP contribution in [0.15, 0.2) is 60.6 Å². The molecule has 4 nitrogen and oxygen atoms in total. The molecule has 2 heterocycles. The van der Waals surface area contributed by atoms with E-state index in [1.54, 1.807) is 11.9 Å². The standard InChI is InChI=1S/C30H31N2SSi.C13H24O2.Ir/c1-19-23(20-10-6-5-7-11-20)14-15-25-28-30(33-29(19)25)27(31-18-32-28)22-16-21-12-8-9-13-24(21)26(17-22)34(2,3)4;1-5-10(6-2)12(14)9-13(15)11(7-3)8-4;/h8-9,12-15,17-18,20H,5-7,10-11H2,1-4H3;9-11,14H,5-8H2,1-4H3;/q-1;;/b;12-9-;. The van der Waals surface area contributed by atoms with Crippen LogP contribution >= 0.6 is 11.3 Å². The molecule has 0 saturated heterocycles. The van der Waals surface area contributed by atoms with E-state index in [0.29, 0.717) is 5.92 Å². The quantitative estimate of drug-likeness (QED) is 0.0657. The number of allylic oxidation sites excluding steroid dienone is 2. The minimum Gasteiger partial charge on any atom is -0.512 e. The van der Waals surface area contributed by atoms with Gasteiger partial charge >= 0.3 is 0 Å². The monoisotopic (exact) mass is 884 g/mol. The molecule has 1 aliphatic carbocycles. The smallest absolute Gasteiger partial charge is 0.162 e. The molecule has 1 aliphatic rings. The Morgan fingerprint density at radius 2 is 1.58 bits per heavy atom. The summed E-state index contributed by atoms with van der Waals surface area (Å²) in [5, 5.41) is 15.0. The van der Waals surface area contributed by atoms with Crippen molar-refractivity contribution in [2.75, 3.05) is 0 Å². The molecule has 6 rings (SSSR count). The fourth-order valence-corrected chi connectivity index (χ4v) is 10.5. The van der Waals surface area contributed by atoms with Crippen LogP contribution in [-0.2, 0) is 24.9 Å². The van der Waals surface area contributed by atoms with Gasteiger partial charge in [-0.2, -0.15) is 0 Å². The molecular formula is C43H55IrN2O2SSi-. The molecule has 0 unspecified atom stereocenters. The summed E-state index contributed by atoms with van der Waals surface area (Å²) in [7, 11) is -1.56. The summed E-state index contributed by atoms with van der Waals surface area (Å²) in [6.07, 6.45) is 13.4. The summed E-state index contributed by atoms with van der Waals surface area (Å²) >= 11 is 1.87. The van der Waals surface area contributed by atoms with Gasteiger partial charge in [0.2, 0.25) is 0 Å². The minimum atomic E-state index is -1.56. The van der Waals surface area contributed by atoms with Crippen molar-refractivity contribution in [3.8, 4) is 11.3 Å². The molecule has 0 bridgehead atoms. The SMILES string of the molecule is CCC(CC)C(=O)/C=C(\O)C(CC)CC.Cc1c(C2CCCCC2)ccc2c1sc1c(-c3[c-]c4ccccc4c([Si](C)(C)C)c3)ncnc12.[Ir]. The summed E-state index contributed by atoms with van der Waals surface area (Å²) < 4.78 is 2.57. The number of aliphatic hydroxyl groups excluding tert-OH is 1. The molecule has 5 aromatic rings. The number of benzene rings is 3. The van der Waals surface area contributed by atoms with Crippen LogP contribution in [-0.4, -0.2) is 28.9 Å². The number of aliphatic hydroxyl groups is 1. The van der Waals surface area contributed by atoms with Crippen LogP contribution in [0.5, 0.6) is 0 Å². The molecule has 0 amide bonds. The molecule has 0 aliphatic heterocycles. The van der Waals surface area contributed by atoms with E-state index in [1.807, 2.05) is 39.0 Å². The van der Waals surface area contributed by atoms with Gasteiger partial charge in [-0.05, 0) is 62.5 Å². The maximum absolute atomic E-state index is 11.7. The van der Waals surface area contributed by atoms with Crippen molar-refractivity contribution in [2.45, 2.75) is 118 Å². The van der Waals surface area contributed by atoms with Crippen molar-refractivity contribution in [2.24, 2.45) is 11.8 Å². The molecule has 1 radical (unpaired) electrons. The number of carbonyl (C=O) groups excluding carboxylic acids is 1. The van der Waals surface area contributed by atoms with Crippen LogP contribution < -0.4 is 5.19 Å². The zero-order valence-corrected chi connectivity index (χ0v) is 35.5. The van der Waals surface area contributed by atoms with E-state index >= 15 is 0 Å². The molecule has 1 saturated carbocycles. The minimum absolute atomic E-state index is 0. The number of rotatable bonds is 10. The van der Waals surface area contributed by atoms with Crippen LogP contribution in [0.2, 0.25) is 19.6 Å². The predicted molar refractivity (Wildman–Crippen MR) is 214 cm³/mol. The first-order valence-corrected chi connectivity index (χ1v) is 22.9. The molecule has 7 heteroatoms. The number of aryl methyl sites for hydroxylation is 1. The number of ketones is 1. The fraction of sp³-hybridized carbons (Fsp3) is 0.465. The topological polar surface area (TPSA) is 63.1 Å². The van der Waals surface area contributed by atoms with Crippen molar-refractivity contribution in [3.05, 3.63) is 77.8 Å². The average Bonchev–Trinajstić information content (AvgIpc) is 3.49. The van der Waals surface area contributed by atoms with Gasteiger partial charge in [-0.3, -0.25) is 9.78 Å². The third-order valence-electron chi connectivity index (χ3n) is 10.7. The molecule has 2 aromatic heterocycles. The number of hydrogen-bond acceptors (Lipinski definition) is 5. The Bertz CT molecular complexity index is 1950. The molecule has 0 atom stereocenters. The van der Waals surface area contributed by atoms with Crippen LogP contribution in [0.4, 0.5) is 0 Å². The number of thiophene rings is 1. The largest absolute Gasteiger partial charge is 0.512 e. The van der Waals surface area contributed by atoms with Crippen molar-refractivity contribution in [3.63, 3.8) is 0 Å². The van der Waals surface area contributed by atoms with E-state index in [4.69, 9.17) is 9.97 Å². The number of aromatic nitrogens is 2. The second-order valence-electron chi connectivity index (χ2n) is 14.9. The van der Waals surface area contributed by atoms with Gasteiger partial charge in [-0.15, -0.1) is 40.1 Å². The van der Waals surface area contributed by atoms with Crippen LogP contribution in [0.1, 0.15) is 103 Å². The Morgan fingerprint density at radius 1 is 0.920 bits per heavy atom. The van der Waals surface area contributed by atoms with E-state index in [1.165, 1.54) is 74.5 Å². The van der Waals surface area contributed by atoms with Gasteiger partial charge in [0.1, 0.15) is 6.33 Å². The second-order valence-corrected chi connectivity index (χ2v) is 20.9. The second kappa shape index (κ2) is 17.7. The summed E-state index contributed by atoms with van der Waals surface area (Å²) in [5.41, 5.74) is 6.20.